The van der Waals surface area contributed by atoms with E-state index in [2.05, 4.69) is 25.5 Å². The van der Waals surface area contributed by atoms with E-state index >= 15 is 0 Å². The van der Waals surface area contributed by atoms with Gasteiger partial charge in [-0.3, -0.25) is 9.78 Å². The molecular weight excluding hydrogens is 330 g/mol. The highest BCUT2D eigenvalue weighted by Crippen LogP contribution is 2.27. The van der Waals surface area contributed by atoms with E-state index in [1.807, 2.05) is 24.4 Å². The molecule has 0 bridgehead atoms. The van der Waals surface area contributed by atoms with Gasteiger partial charge in [0.15, 0.2) is 5.82 Å². The van der Waals surface area contributed by atoms with Gasteiger partial charge >= 0.3 is 0 Å². The van der Waals surface area contributed by atoms with Crippen molar-refractivity contribution in [1.29, 1.82) is 0 Å². The number of rotatable bonds is 5. The zero-order valence-corrected chi connectivity index (χ0v) is 14.4. The fourth-order valence-electron chi connectivity index (χ4n) is 3.40. The van der Waals surface area contributed by atoms with E-state index in [-0.39, 0.29) is 11.6 Å². The Morgan fingerprint density at radius 3 is 2.73 bits per heavy atom. The third-order valence-corrected chi connectivity index (χ3v) is 4.81. The van der Waals surface area contributed by atoms with Crippen LogP contribution in [-0.4, -0.2) is 35.6 Å². The molecule has 0 spiro atoms. The maximum Gasteiger partial charge on any atom is 0.267 e. The maximum atomic E-state index is 12.3. The first-order valence-electron chi connectivity index (χ1n) is 8.88. The molecule has 1 fully saturated rings. The summed E-state index contributed by atoms with van der Waals surface area (Å²) in [6, 6.07) is 9.75. The summed E-state index contributed by atoms with van der Waals surface area (Å²) in [5, 5.41) is 12.1. The van der Waals surface area contributed by atoms with E-state index in [0.717, 1.165) is 37.9 Å². The van der Waals surface area contributed by atoms with Crippen LogP contribution in [0.15, 0.2) is 54.0 Å². The Labute approximate surface area is 150 Å². The summed E-state index contributed by atoms with van der Waals surface area (Å²) in [6.45, 7) is 0.774. The van der Waals surface area contributed by atoms with Gasteiger partial charge in [-0.25, -0.2) is 14.3 Å². The lowest BCUT2D eigenvalue weighted by atomic mass is 9.91. The van der Waals surface area contributed by atoms with Crippen molar-refractivity contribution in [3.63, 3.8) is 0 Å². The molecule has 8 heteroatoms. The number of nitrogens with one attached hydrogen (secondary N) is 1. The summed E-state index contributed by atoms with van der Waals surface area (Å²) in [7, 11) is 0. The van der Waals surface area contributed by atoms with Gasteiger partial charge in [-0.15, -0.1) is 5.10 Å². The molecule has 1 N–H and O–H groups in total. The minimum atomic E-state index is -0.0706. The first kappa shape index (κ1) is 16.6. The summed E-state index contributed by atoms with van der Waals surface area (Å²) in [4.78, 5) is 20.5. The molecule has 0 saturated heterocycles. The molecular formula is C18H21N7O. The van der Waals surface area contributed by atoms with Gasteiger partial charge in [0, 0.05) is 24.8 Å². The van der Waals surface area contributed by atoms with E-state index in [1.165, 1.54) is 6.33 Å². The van der Waals surface area contributed by atoms with Crippen molar-refractivity contribution in [1.82, 2.24) is 34.8 Å². The molecule has 1 aliphatic carbocycles. The number of aromatic nitrogens is 6. The molecule has 0 amide bonds. The largest absolute Gasteiger partial charge is 0.308 e. The Morgan fingerprint density at radius 2 is 2.00 bits per heavy atom. The minimum absolute atomic E-state index is 0.0706. The molecule has 4 rings (SSSR count). The van der Waals surface area contributed by atoms with Crippen molar-refractivity contribution in [2.75, 3.05) is 0 Å². The average Bonchev–Trinajstić information content (AvgIpc) is 3.23. The van der Waals surface area contributed by atoms with Crippen molar-refractivity contribution in [2.45, 2.75) is 44.3 Å². The lowest BCUT2D eigenvalue weighted by Crippen LogP contribution is -2.36. The molecule has 3 aromatic heterocycles. The van der Waals surface area contributed by atoms with Crippen molar-refractivity contribution in [2.24, 2.45) is 0 Å². The van der Waals surface area contributed by atoms with Crippen LogP contribution in [0.25, 0.3) is 5.82 Å². The van der Waals surface area contributed by atoms with E-state index < -0.39 is 0 Å². The van der Waals surface area contributed by atoms with Gasteiger partial charge in [-0.2, -0.15) is 5.10 Å². The molecule has 1 aliphatic rings. The smallest absolute Gasteiger partial charge is 0.267 e. The van der Waals surface area contributed by atoms with Gasteiger partial charge in [-0.1, -0.05) is 6.07 Å². The predicted octanol–water partition coefficient (Wildman–Crippen LogP) is 1.49. The monoisotopic (exact) mass is 351 g/mol. The summed E-state index contributed by atoms with van der Waals surface area (Å²) in [5.41, 5.74) is 0.979. The van der Waals surface area contributed by atoms with E-state index in [0.29, 0.717) is 11.9 Å². The minimum Gasteiger partial charge on any atom is -0.308 e. The molecule has 26 heavy (non-hydrogen) atoms. The third-order valence-electron chi connectivity index (χ3n) is 4.81. The Hall–Kier alpha value is -2.87. The van der Waals surface area contributed by atoms with E-state index in [1.54, 1.807) is 27.8 Å². The number of hydrogen-bond acceptors (Lipinski definition) is 6. The number of pyridine rings is 1. The van der Waals surface area contributed by atoms with Crippen LogP contribution in [-0.2, 0) is 6.54 Å². The highest BCUT2D eigenvalue weighted by molar-refractivity contribution is 5.16. The quantitative estimate of drug-likeness (QED) is 0.749. The fraction of sp³-hybridized carbons (Fsp3) is 0.389. The number of nitrogens with zero attached hydrogens (tertiary/aromatic N) is 6. The lowest BCUT2D eigenvalue weighted by molar-refractivity contribution is 0.267. The van der Waals surface area contributed by atoms with Gasteiger partial charge in [-0.05, 0) is 43.9 Å². The second kappa shape index (κ2) is 7.57. The van der Waals surface area contributed by atoms with Gasteiger partial charge < -0.3 is 5.32 Å². The van der Waals surface area contributed by atoms with Crippen LogP contribution in [0.4, 0.5) is 0 Å². The molecule has 134 valence electrons. The van der Waals surface area contributed by atoms with Crippen LogP contribution in [0.2, 0.25) is 0 Å². The van der Waals surface area contributed by atoms with Crippen LogP contribution < -0.4 is 10.9 Å². The van der Waals surface area contributed by atoms with Gasteiger partial charge in [0.2, 0.25) is 0 Å². The van der Waals surface area contributed by atoms with Crippen LogP contribution >= 0.6 is 0 Å². The Bertz CT molecular complexity index is 883. The molecule has 0 atom stereocenters. The van der Waals surface area contributed by atoms with Crippen LogP contribution in [0.5, 0.6) is 0 Å². The highest BCUT2D eigenvalue weighted by Gasteiger charge is 2.23. The summed E-state index contributed by atoms with van der Waals surface area (Å²) >= 11 is 0. The maximum absolute atomic E-state index is 12.3. The Kier molecular flexibility index (Phi) is 4.83. The fourth-order valence-corrected chi connectivity index (χ4v) is 3.40. The molecule has 3 aromatic rings. The van der Waals surface area contributed by atoms with Gasteiger partial charge in [0.05, 0.1) is 11.7 Å². The van der Waals surface area contributed by atoms with E-state index in [4.69, 9.17) is 0 Å². The predicted molar refractivity (Wildman–Crippen MR) is 95.8 cm³/mol. The summed E-state index contributed by atoms with van der Waals surface area (Å²) in [6.07, 6.45) is 8.72. The van der Waals surface area contributed by atoms with Crippen molar-refractivity contribution >= 4 is 0 Å². The molecule has 0 radical (unpaired) electrons. The van der Waals surface area contributed by atoms with Crippen molar-refractivity contribution in [3.8, 4) is 5.82 Å². The first-order valence-corrected chi connectivity index (χ1v) is 8.88. The van der Waals surface area contributed by atoms with Gasteiger partial charge in [0.25, 0.3) is 5.56 Å². The average molecular weight is 351 g/mol. The first-order chi connectivity index (χ1) is 12.8. The molecule has 1 saturated carbocycles. The van der Waals surface area contributed by atoms with Crippen LogP contribution in [0.3, 0.4) is 0 Å². The molecule has 0 aromatic carbocycles. The van der Waals surface area contributed by atoms with Crippen molar-refractivity contribution in [3.05, 3.63) is 65.2 Å². The summed E-state index contributed by atoms with van der Waals surface area (Å²) in [5.74, 6) is 0.609. The lowest BCUT2D eigenvalue weighted by Gasteiger charge is -2.29. The normalized spacial score (nSPS) is 20.2. The zero-order chi connectivity index (χ0) is 17.8. The third kappa shape index (κ3) is 3.70. The van der Waals surface area contributed by atoms with Crippen molar-refractivity contribution < 1.29 is 0 Å². The standard InChI is InChI=1S/C18H21N7O/c26-18-9-8-17(24-13-19-12-22-24)23-25(18)16-6-4-14(5-7-16)21-11-15-3-1-2-10-20-15/h1-3,8-10,12-14,16,21H,4-7,11H2. The Morgan fingerprint density at radius 1 is 1.12 bits per heavy atom. The van der Waals surface area contributed by atoms with Crippen LogP contribution in [0.1, 0.15) is 37.4 Å². The van der Waals surface area contributed by atoms with Gasteiger partial charge in [0.1, 0.15) is 12.7 Å². The highest BCUT2D eigenvalue weighted by atomic mass is 16.1. The second-order valence-corrected chi connectivity index (χ2v) is 6.52. The topological polar surface area (TPSA) is 90.5 Å². The molecule has 0 unspecified atom stereocenters. The molecule has 8 nitrogen and oxygen atoms in total. The zero-order valence-electron chi connectivity index (χ0n) is 14.4. The molecule has 3 heterocycles. The SMILES string of the molecule is O=c1ccc(-n2cncn2)nn1C1CCC(NCc2ccccn2)CC1. The second-order valence-electron chi connectivity index (χ2n) is 6.52. The van der Waals surface area contributed by atoms with Crippen LogP contribution in [0, 0.1) is 0 Å². The molecule has 0 aliphatic heterocycles. The van der Waals surface area contributed by atoms with E-state index in [9.17, 15) is 4.79 Å². The number of hydrogen-bond donors (Lipinski definition) is 1. The Balaban J connectivity index is 1.39. The summed E-state index contributed by atoms with van der Waals surface area (Å²) < 4.78 is 3.17.